The summed E-state index contributed by atoms with van der Waals surface area (Å²) in [6.45, 7) is 6.88. The fraction of sp³-hybridized carbons (Fsp3) is 0.500. The summed E-state index contributed by atoms with van der Waals surface area (Å²) >= 11 is 0. The summed E-state index contributed by atoms with van der Waals surface area (Å²) in [6, 6.07) is 6.70. The number of nitrogens with zero attached hydrogens (tertiary/aromatic N) is 2. The largest absolute Gasteiger partial charge is 0.496 e. The lowest BCUT2D eigenvalue weighted by atomic mass is 9.88. The molecule has 1 amide bonds. The Labute approximate surface area is 212 Å². The Morgan fingerprint density at radius 1 is 1.17 bits per heavy atom. The highest BCUT2D eigenvalue weighted by molar-refractivity contribution is 6.09. The van der Waals surface area contributed by atoms with E-state index in [0.717, 1.165) is 48.9 Å². The highest BCUT2D eigenvalue weighted by Gasteiger charge is 2.29. The molecule has 0 aliphatic heterocycles. The monoisotopic (exact) mass is 494 g/mol. The molecule has 194 valence electrons. The summed E-state index contributed by atoms with van der Waals surface area (Å²) in [5.74, 6) is 0.219. The van der Waals surface area contributed by atoms with Crippen molar-refractivity contribution in [1.82, 2.24) is 15.2 Å². The second-order valence-electron chi connectivity index (χ2n) is 9.95. The number of pyridine rings is 1. The normalized spacial score (nSPS) is 18.0. The van der Waals surface area contributed by atoms with E-state index in [2.05, 4.69) is 47.2 Å². The Kier molecular flexibility index (Phi) is 7.73. The van der Waals surface area contributed by atoms with Gasteiger partial charge >= 0.3 is 0 Å². The van der Waals surface area contributed by atoms with Crippen molar-refractivity contribution in [2.24, 2.45) is 0 Å². The number of rotatable bonds is 8. The summed E-state index contributed by atoms with van der Waals surface area (Å²) in [6.07, 6.45) is 6.18. The van der Waals surface area contributed by atoms with E-state index in [4.69, 9.17) is 9.15 Å². The van der Waals surface area contributed by atoms with Crippen LogP contribution in [0.1, 0.15) is 59.8 Å². The second kappa shape index (κ2) is 10.8. The molecule has 0 bridgehead atoms. The van der Waals surface area contributed by atoms with Gasteiger partial charge in [-0.15, -0.1) is 0 Å². The molecule has 1 fully saturated rings. The van der Waals surface area contributed by atoms with Gasteiger partial charge in [-0.25, -0.2) is 0 Å². The average Bonchev–Trinajstić information content (AvgIpc) is 3.32. The smallest absolute Gasteiger partial charge is 0.256 e. The molecule has 1 saturated carbocycles. The van der Waals surface area contributed by atoms with Crippen LogP contribution in [0, 0.1) is 13.8 Å². The van der Waals surface area contributed by atoms with Gasteiger partial charge in [-0.3, -0.25) is 9.59 Å². The standard InChI is InChI=1S/C28H38N4O4/c1-7-32(20-10-8-19(9-11-20)31(4)5)23-15-25-21(12-13-36-25)26(18(23)3)28(34)29-16-22-24(35-6)14-17(2)30-27(22)33/h12-15,19-20H,7-11,16H2,1-6H3,(H,29,34)(H,30,33). The number of methoxy groups -OCH3 is 1. The minimum absolute atomic E-state index is 0.0622. The first-order valence-electron chi connectivity index (χ1n) is 12.7. The maximum Gasteiger partial charge on any atom is 0.256 e. The lowest BCUT2D eigenvalue weighted by Gasteiger charge is -2.40. The number of benzene rings is 1. The maximum absolute atomic E-state index is 13.6. The average molecular weight is 495 g/mol. The number of aryl methyl sites for hydroxylation is 1. The molecule has 1 aromatic carbocycles. The lowest BCUT2D eigenvalue weighted by Crippen LogP contribution is -2.42. The molecular formula is C28H38N4O4. The van der Waals surface area contributed by atoms with Gasteiger partial charge in [0.15, 0.2) is 0 Å². The van der Waals surface area contributed by atoms with Crippen LogP contribution in [0.2, 0.25) is 0 Å². The van der Waals surface area contributed by atoms with E-state index in [1.165, 1.54) is 7.11 Å². The second-order valence-corrected chi connectivity index (χ2v) is 9.95. The number of amides is 1. The maximum atomic E-state index is 13.6. The van der Waals surface area contributed by atoms with Crippen LogP contribution in [0.15, 0.2) is 33.7 Å². The summed E-state index contributed by atoms with van der Waals surface area (Å²) in [7, 11) is 5.83. The first-order chi connectivity index (χ1) is 17.2. The molecule has 8 heteroatoms. The Bertz CT molecular complexity index is 1280. The number of ether oxygens (including phenoxy) is 1. The third-order valence-corrected chi connectivity index (χ3v) is 7.58. The van der Waals surface area contributed by atoms with Crippen molar-refractivity contribution < 1.29 is 13.9 Å². The minimum atomic E-state index is -0.267. The van der Waals surface area contributed by atoms with Gasteiger partial charge in [-0.05, 0) is 78.2 Å². The molecule has 8 nitrogen and oxygen atoms in total. The molecule has 36 heavy (non-hydrogen) atoms. The zero-order valence-electron chi connectivity index (χ0n) is 22.2. The molecule has 1 aliphatic rings. The summed E-state index contributed by atoms with van der Waals surface area (Å²) in [5, 5.41) is 3.72. The zero-order chi connectivity index (χ0) is 26.0. The molecule has 2 aromatic heterocycles. The summed E-state index contributed by atoms with van der Waals surface area (Å²) in [4.78, 5) is 33.6. The van der Waals surface area contributed by atoms with Crippen LogP contribution in [0.5, 0.6) is 5.75 Å². The van der Waals surface area contributed by atoms with Crippen molar-refractivity contribution >= 4 is 22.6 Å². The number of aromatic amines is 1. The molecule has 2 heterocycles. The quantitative estimate of drug-likeness (QED) is 0.483. The molecule has 2 N–H and O–H groups in total. The number of aromatic nitrogens is 1. The van der Waals surface area contributed by atoms with E-state index in [-0.39, 0.29) is 18.0 Å². The molecule has 1 aliphatic carbocycles. The van der Waals surface area contributed by atoms with E-state index in [1.54, 1.807) is 19.3 Å². The van der Waals surface area contributed by atoms with Gasteiger partial charge in [0.05, 0.1) is 31.0 Å². The van der Waals surface area contributed by atoms with Crippen LogP contribution in [-0.4, -0.2) is 55.6 Å². The van der Waals surface area contributed by atoms with Crippen molar-refractivity contribution in [1.29, 1.82) is 0 Å². The van der Waals surface area contributed by atoms with E-state index >= 15 is 0 Å². The van der Waals surface area contributed by atoms with Gasteiger partial charge in [0, 0.05) is 41.5 Å². The number of anilines is 1. The number of furan rings is 1. The minimum Gasteiger partial charge on any atom is -0.496 e. The van der Waals surface area contributed by atoms with E-state index < -0.39 is 0 Å². The van der Waals surface area contributed by atoms with Gasteiger partial charge in [-0.2, -0.15) is 0 Å². The highest BCUT2D eigenvalue weighted by atomic mass is 16.5. The number of carbonyl (C=O) groups excluding carboxylic acids is 1. The van der Waals surface area contributed by atoms with Crippen LogP contribution in [-0.2, 0) is 6.54 Å². The number of carbonyl (C=O) groups is 1. The van der Waals surface area contributed by atoms with E-state index in [1.807, 2.05) is 13.0 Å². The molecule has 0 radical (unpaired) electrons. The van der Waals surface area contributed by atoms with Crippen molar-refractivity contribution in [2.75, 3.05) is 32.6 Å². The van der Waals surface area contributed by atoms with Crippen LogP contribution < -0.4 is 20.5 Å². The van der Waals surface area contributed by atoms with Crippen molar-refractivity contribution in [3.63, 3.8) is 0 Å². The molecule has 0 saturated heterocycles. The van der Waals surface area contributed by atoms with Crippen LogP contribution in [0.4, 0.5) is 5.69 Å². The number of nitrogens with one attached hydrogen (secondary N) is 2. The Morgan fingerprint density at radius 2 is 1.86 bits per heavy atom. The lowest BCUT2D eigenvalue weighted by molar-refractivity contribution is 0.0951. The van der Waals surface area contributed by atoms with Crippen molar-refractivity contribution in [3.8, 4) is 5.75 Å². The van der Waals surface area contributed by atoms with E-state index in [9.17, 15) is 9.59 Å². The Balaban J connectivity index is 1.64. The van der Waals surface area contributed by atoms with Crippen molar-refractivity contribution in [2.45, 2.75) is 65.1 Å². The highest BCUT2D eigenvalue weighted by Crippen LogP contribution is 2.36. The molecule has 0 unspecified atom stereocenters. The molecule has 4 rings (SSSR count). The third-order valence-electron chi connectivity index (χ3n) is 7.58. The van der Waals surface area contributed by atoms with Gasteiger partial charge < -0.3 is 29.3 Å². The molecule has 3 aromatic rings. The van der Waals surface area contributed by atoms with Crippen LogP contribution in [0.3, 0.4) is 0 Å². The zero-order valence-corrected chi connectivity index (χ0v) is 22.2. The number of hydrogen-bond acceptors (Lipinski definition) is 6. The first kappa shape index (κ1) is 25.8. The predicted molar refractivity (Wildman–Crippen MR) is 143 cm³/mol. The first-order valence-corrected chi connectivity index (χ1v) is 12.7. The number of H-pyrrole nitrogens is 1. The van der Waals surface area contributed by atoms with Crippen LogP contribution >= 0.6 is 0 Å². The SMILES string of the molecule is CCN(c1cc2occc2c(C(=O)NCc2c(OC)cc(C)[nH]c2=O)c1C)C1CCC(N(C)C)CC1. The third kappa shape index (κ3) is 5.00. The van der Waals surface area contributed by atoms with Crippen molar-refractivity contribution in [3.05, 3.63) is 57.2 Å². The fourth-order valence-corrected chi connectivity index (χ4v) is 5.60. The molecule has 0 spiro atoms. The molecular weight excluding hydrogens is 456 g/mol. The van der Waals surface area contributed by atoms with Gasteiger partial charge in [0.1, 0.15) is 11.3 Å². The summed E-state index contributed by atoms with van der Waals surface area (Å²) in [5.41, 5.74) is 4.05. The topological polar surface area (TPSA) is 90.8 Å². The van der Waals surface area contributed by atoms with Gasteiger partial charge in [0.25, 0.3) is 11.5 Å². The molecule has 0 atom stereocenters. The predicted octanol–water partition coefficient (Wildman–Crippen LogP) is 4.38. The van der Waals surface area contributed by atoms with Gasteiger partial charge in [0.2, 0.25) is 0 Å². The Morgan fingerprint density at radius 3 is 2.50 bits per heavy atom. The van der Waals surface area contributed by atoms with Crippen LogP contribution in [0.25, 0.3) is 11.0 Å². The van der Waals surface area contributed by atoms with Gasteiger partial charge in [-0.1, -0.05) is 0 Å². The number of hydrogen-bond donors (Lipinski definition) is 2. The Hall–Kier alpha value is -3.26. The fourth-order valence-electron chi connectivity index (χ4n) is 5.60. The summed E-state index contributed by atoms with van der Waals surface area (Å²) < 4.78 is 11.2. The number of fused-ring (bicyclic) bond motifs is 1. The van der Waals surface area contributed by atoms with E-state index in [0.29, 0.717) is 40.2 Å².